The van der Waals surface area contributed by atoms with E-state index >= 15 is 0 Å². The molecule has 0 nitrogen and oxygen atoms in total. The van der Waals surface area contributed by atoms with E-state index in [-0.39, 0.29) is 0 Å². The zero-order valence-corrected chi connectivity index (χ0v) is 5.64. The summed E-state index contributed by atoms with van der Waals surface area (Å²) in [6.45, 7) is 0. The van der Waals surface area contributed by atoms with Crippen LogP contribution in [-0.4, -0.2) is 13.1 Å². The van der Waals surface area contributed by atoms with Crippen molar-refractivity contribution in [3.63, 3.8) is 0 Å². The number of hydrogen-bond donors (Lipinski definition) is 1. The Morgan fingerprint density at radius 3 is 2.00 bits per heavy atom. The Labute approximate surface area is 56.9 Å². The van der Waals surface area contributed by atoms with Crippen LogP contribution < -0.4 is 0 Å². The molecule has 2 aliphatic carbocycles. The second-order valence-electron chi connectivity index (χ2n) is 2.97. The smallest absolute Gasteiger partial charge is 0.0718 e. The molecule has 2 heteroatoms. The predicted octanol–water partition coefficient (Wildman–Crippen LogP) is 1.28. The van der Waals surface area contributed by atoms with Gasteiger partial charge in [0.15, 0.2) is 0 Å². The van der Waals surface area contributed by atoms with Crippen LogP contribution in [0.4, 0.5) is 0 Å². The summed E-state index contributed by atoms with van der Waals surface area (Å²) >= 11 is 4.36. The number of hydrogen-bond acceptors (Lipinski definition) is 1. The van der Waals surface area contributed by atoms with E-state index in [1.807, 2.05) is 0 Å². The van der Waals surface area contributed by atoms with Gasteiger partial charge in [-0.25, -0.2) is 0 Å². The topological polar surface area (TPSA) is 0 Å². The minimum Gasteiger partial charge on any atom is -0.176 e. The first kappa shape index (κ1) is 5.22. The Morgan fingerprint density at radius 2 is 1.88 bits per heavy atom. The summed E-state index contributed by atoms with van der Waals surface area (Å²) in [5.41, 5.74) is 0. The average molecular weight is 124 g/mol. The van der Waals surface area contributed by atoms with Gasteiger partial charge < -0.3 is 0 Å². The Balaban J connectivity index is 2.03. The Kier molecular flexibility index (Phi) is 0.958. The van der Waals surface area contributed by atoms with E-state index in [4.69, 9.17) is 7.85 Å². The highest BCUT2D eigenvalue weighted by atomic mass is 32.1. The first-order valence-corrected chi connectivity index (χ1v) is 3.76. The molecule has 0 aliphatic heterocycles. The van der Waals surface area contributed by atoms with E-state index < -0.39 is 0 Å². The molecule has 8 heavy (non-hydrogen) atoms. The SMILES string of the molecule is [B]C1C(S)C2CCC12. The van der Waals surface area contributed by atoms with Gasteiger partial charge in [-0.05, 0) is 18.3 Å². The molecule has 0 aromatic carbocycles. The van der Waals surface area contributed by atoms with Crippen LogP contribution in [0, 0.1) is 11.8 Å². The van der Waals surface area contributed by atoms with Gasteiger partial charge in [0.2, 0.25) is 0 Å². The van der Waals surface area contributed by atoms with Crippen LogP contribution in [0.15, 0.2) is 0 Å². The monoisotopic (exact) mass is 124 g/mol. The van der Waals surface area contributed by atoms with Crippen molar-refractivity contribution in [3.05, 3.63) is 0 Å². The van der Waals surface area contributed by atoms with Gasteiger partial charge in [0.1, 0.15) is 0 Å². The number of thiol groups is 1. The second kappa shape index (κ2) is 1.47. The van der Waals surface area contributed by atoms with Gasteiger partial charge >= 0.3 is 0 Å². The van der Waals surface area contributed by atoms with E-state index in [1.54, 1.807) is 0 Å². The minimum atomic E-state index is 0.428. The summed E-state index contributed by atoms with van der Waals surface area (Å²) in [5, 5.41) is 0.536. The third-order valence-corrected chi connectivity index (χ3v) is 3.44. The number of fused-ring (bicyclic) bond motifs is 1. The summed E-state index contributed by atoms with van der Waals surface area (Å²) in [4.78, 5) is 0. The lowest BCUT2D eigenvalue weighted by Crippen LogP contribution is -2.50. The molecular weight excluding hydrogens is 115 g/mol. The maximum Gasteiger partial charge on any atom is 0.0718 e. The van der Waals surface area contributed by atoms with E-state index in [0.29, 0.717) is 11.1 Å². The molecule has 0 bridgehead atoms. The quantitative estimate of drug-likeness (QED) is 0.365. The van der Waals surface area contributed by atoms with E-state index in [0.717, 1.165) is 11.8 Å². The molecule has 0 saturated heterocycles. The van der Waals surface area contributed by atoms with Crippen molar-refractivity contribution < 1.29 is 0 Å². The fourth-order valence-electron chi connectivity index (χ4n) is 1.85. The molecular formula is C6H9BS. The molecule has 2 radical (unpaired) electrons. The lowest BCUT2D eigenvalue weighted by Gasteiger charge is -2.57. The van der Waals surface area contributed by atoms with E-state index in [1.165, 1.54) is 12.8 Å². The van der Waals surface area contributed by atoms with Gasteiger partial charge in [0.05, 0.1) is 7.85 Å². The van der Waals surface area contributed by atoms with E-state index in [9.17, 15) is 0 Å². The lowest BCUT2D eigenvalue weighted by molar-refractivity contribution is 0.0677. The van der Waals surface area contributed by atoms with Crippen molar-refractivity contribution in [3.8, 4) is 0 Å². The van der Waals surface area contributed by atoms with Crippen LogP contribution in [0.1, 0.15) is 12.8 Å². The molecule has 2 aliphatic rings. The van der Waals surface area contributed by atoms with Crippen LogP contribution >= 0.6 is 12.6 Å². The Morgan fingerprint density at radius 1 is 1.25 bits per heavy atom. The second-order valence-corrected chi connectivity index (χ2v) is 3.57. The van der Waals surface area contributed by atoms with Gasteiger partial charge in [-0.3, -0.25) is 0 Å². The highest BCUT2D eigenvalue weighted by molar-refractivity contribution is 7.81. The molecule has 42 valence electrons. The van der Waals surface area contributed by atoms with Crippen molar-refractivity contribution >= 4 is 20.5 Å². The largest absolute Gasteiger partial charge is 0.176 e. The first-order chi connectivity index (χ1) is 3.80. The average Bonchev–Trinajstić information content (AvgIpc) is 1.64. The lowest BCUT2D eigenvalue weighted by atomic mass is 9.47. The number of rotatable bonds is 0. The fourth-order valence-corrected chi connectivity index (χ4v) is 2.44. The van der Waals surface area contributed by atoms with Gasteiger partial charge in [-0.1, -0.05) is 12.2 Å². The molecule has 2 saturated carbocycles. The molecule has 2 rings (SSSR count). The van der Waals surface area contributed by atoms with Crippen LogP contribution in [0.25, 0.3) is 0 Å². The van der Waals surface area contributed by atoms with Crippen LogP contribution in [0.2, 0.25) is 5.82 Å². The molecule has 0 N–H and O–H groups in total. The molecule has 0 heterocycles. The van der Waals surface area contributed by atoms with Crippen molar-refractivity contribution in [2.45, 2.75) is 23.9 Å². The molecule has 4 unspecified atom stereocenters. The van der Waals surface area contributed by atoms with Crippen LogP contribution in [0.5, 0.6) is 0 Å². The summed E-state index contributed by atoms with van der Waals surface area (Å²) in [7, 11) is 5.73. The third kappa shape index (κ3) is 0.410. The van der Waals surface area contributed by atoms with Crippen molar-refractivity contribution in [2.24, 2.45) is 11.8 Å². The van der Waals surface area contributed by atoms with E-state index in [2.05, 4.69) is 12.6 Å². The van der Waals surface area contributed by atoms with Gasteiger partial charge in [-0.2, -0.15) is 12.6 Å². The zero-order valence-electron chi connectivity index (χ0n) is 4.75. The Bertz CT molecular complexity index is 89.1. The maximum absolute atomic E-state index is 5.73. The molecule has 2 fully saturated rings. The molecule has 0 amide bonds. The highest BCUT2D eigenvalue weighted by Gasteiger charge is 2.50. The van der Waals surface area contributed by atoms with Crippen LogP contribution in [0.3, 0.4) is 0 Å². The molecule has 4 atom stereocenters. The standard InChI is InChI=1S/C6H9BS/c7-5-3-1-2-4(3)6(5)8/h3-6,8H,1-2H2. The first-order valence-electron chi connectivity index (χ1n) is 3.24. The summed E-state index contributed by atoms with van der Waals surface area (Å²) in [5.74, 6) is 2.18. The van der Waals surface area contributed by atoms with Crippen molar-refractivity contribution in [2.75, 3.05) is 0 Å². The summed E-state index contributed by atoms with van der Waals surface area (Å²) < 4.78 is 0. The highest BCUT2D eigenvalue weighted by Crippen LogP contribution is 2.58. The third-order valence-electron chi connectivity index (χ3n) is 2.71. The zero-order chi connectivity index (χ0) is 5.72. The fraction of sp³-hybridized carbons (Fsp3) is 1.00. The van der Waals surface area contributed by atoms with Gasteiger partial charge in [-0.15, -0.1) is 0 Å². The normalized spacial score (nSPS) is 60.6. The van der Waals surface area contributed by atoms with Crippen LogP contribution in [-0.2, 0) is 0 Å². The minimum absolute atomic E-state index is 0.428. The molecule has 0 aromatic rings. The van der Waals surface area contributed by atoms with Gasteiger partial charge in [0, 0.05) is 5.25 Å². The maximum atomic E-state index is 5.73. The summed E-state index contributed by atoms with van der Waals surface area (Å²) in [6, 6.07) is 0. The van der Waals surface area contributed by atoms with Crippen molar-refractivity contribution in [1.29, 1.82) is 0 Å². The van der Waals surface area contributed by atoms with Crippen molar-refractivity contribution in [1.82, 2.24) is 0 Å². The molecule has 0 aromatic heterocycles. The molecule has 0 spiro atoms. The Hall–Kier alpha value is 0.415. The summed E-state index contributed by atoms with van der Waals surface area (Å²) in [6.07, 6.45) is 2.75. The predicted molar refractivity (Wildman–Crippen MR) is 38.5 cm³/mol. The van der Waals surface area contributed by atoms with Gasteiger partial charge in [0.25, 0.3) is 0 Å².